The molecule has 1 aromatic heterocycles. The van der Waals surface area contributed by atoms with Crippen LogP contribution in [0.25, 0.3) is 0 Å². The van der Waals surface area contributed by atoms with Crippen LogP contribution < -0.4 is 5.32 Å². The van der Waals surface area contributed by atoms with Crippen molar-refractivity contribution in [3.8, 4) is 0 Å². The predicted molar refractivity (Wildman–Crippen MR) is 76.4 cm³/mol. The molecule has 0 aliphatic carbocycles. The van der Waals surface area contributed by atoms with Gasteiger partial charge in [-0.2, -0.15) is 0 Å². The van der Waals surface area contributed by atoms with E-state index in [1.165, 1.54) is 7.11 Å². The molecule has 106 valence electrons. The number of benzene rings is 1. The van der Waals surface area contributed by atoms with Gasteiger partial charge in [0, 0.05) is 29.9 Å². The van der Waals surface area contributed by atoms with Crippen LogP contribution in [0.4, 0.5) is 0 Å². The lowest BCUT2D eigenvalue weighted by atomic mass is 10.1. The highest BCUT2D eigenvalue weighted by Crippen LogP contribution is 2.10. The first kappa shape index (κ1) is 14.6. The third kappa shape index (κ3) is 4.08. The zero-order chi connectivity index (χ0) is 14.4. The van der Waals surface area contributed by atoms with E-state index in [-0.39, 0.29) is 5.97 Å². The summed E-state index contributed by atoms with van der Waals surface area (Å²) in [5.41, 5.74) is 1.93. The van der Waals surface area contributed by atoms with Crippen LogP contribution in [0.5, 0.6) is 0 Å². The number of halogens is 1. The maximum absolute atomic E-state index is 11.8. The highest BCUT2D eigenvalue weighted by atomic mass is 35.5. The van der Waals surface area contributed by atoms with Crippen LogP contribution in [-0.2, 0) is 22.5 Å². The average Bonchev–Trinajstić information content (AvgIpc) is 2.97. The van der Waals surface area contributed by atoms with Gasteiger partial charge in [0.25, 0.3) is 0 Å². The third-order valence-electron chi connectivity index (χ3n) is 2.93. The lowest BCUT2D eigenvalue weighted by molar-refractivity contribution is -0.143. The van der Waals surface area contributed by atoms with E-state index in [4.69, 9.17) is 16.3 Å². The van der Waals surface area contributed by atoms with Crippen LogP contribution in [0.1, 0.15) is 11.3 Å². The van der Waals surface area contributed by atoms with Gasteiger partial charge in [0.05, 0.1) is 13.4 Å². The Bertz CT molecular complexity index is 540. The molecule has 2 N–H and O–H groups in total. The summed E-state index contributed by atoms with van der Waals surface area (Å²) in [6, 6.07) is 7.05. The summed E-state index contributed by atoms with van der Waals surface area (Å²) < 4.78 is 4.81. The standard InChI is InChI=1S/C14H16ClN3O2/c1-20-14(19)13(6-12-8-16-9-18-12)17-7-10-2-4-11(15)5-3-10/h2-5,8-9,13,17H,6-7H2,1H3,(H,16,18)/t13-/m0/s1. The van der Waals surface area contributed by atoms with Gasteiger partial charge in [-0.3, -0.25) is 10.1 Å². The molecule has 6 heteroatoms. The Balaban J connectivity index is 1.97. The van der Waals surface area contributed by atoms with E-state index in [1.807, 2.05) is 24.3 Å². The van der Waals surface area contributed by atoms with E-state index < -0.39 is 6.04 Å². The predicted octanol–water partition coefficient (Wildman–Crippen LogP) is 1.94. The fourth-order valence-electron chi connectivity index (χ4n) is 1.84. The highest BCUT2D eigenvalue weighted by Gasteiger charge is 2.19. The first-order chi connectivity index (χ1) is 9.69. The van der Waals surface area contributed by atoms with Crippen molar-refractivity contribution in [2.75, 3.05) is 7.11 Å². The summed E-state index contributed by atoms with van der Waals surface area (Å²) in [4.78, 5) is 18.7. The maximum atomic E-state index is 11.8. The molecular formula is C14H16ClN3O2. The van der Waals surface area contributed by atoms with Crippen LogP contribution in [0.2, 0.25) is 5.02 Å². The summed E-state index contributed by atoms with van der Waals surface area (Å²) in [5.74, 6) is -0.298. The second-order valence-electron chi connectivity index (χ2n) is 4.36. The molecule has 1 aromatic carbocycles. The number of esters is 1. The topological polar surface area (TPSA) is 67.0 Å². The Hall–Kier alpha value is -1.85. The molecule has 0 unspecified atom stereocenters. The fourth-order valence-corrected chi connectivity index (χ4v) is 1.97. The molecule has 0 fully saturated rings. The smallest absolute Gasteiger partial charge is 0.323 e. The number of imidazole rings is 1. The van der Waals surface area contributed by atoms with Crippen molar-refractivity contribution in [3.05, 3.63) is 53.1 Å². The number of nitrogens with zero attached hydrogens (tertiary/aromatic N) is 1. The van der Waals surface area contributed by atoms with Crippen molar-refractivity contribution in [1.82, 2.24) is 15.3 Å². The number of nitrogens with one attached hydrogen (secondary N) is 2. The second-order valence-corrected chi connectivity index (χ2v) is 4.80. The van der Waals surface area contributed by atoms with Crippen molar-refractivity contribution in [1.29, 1.82) is 0 Å². The summed E-state index contributed by atoms with van der Waals surface area (Å²) in [6.07, 6.45) is 3.78. The number of H-pyrrole nitrogens is 1. The highest BCUT2D eigenvalue weighted by molar-refractivity contribution is 6.30. The van der Waals surface area contributed by atoms with Gasteiger partial charge in [0.1, 0.15) is 6.04 Å². The van der Waals surface area contributed by atoms with Gasteiger partial charge in [0.15, 0.2) is 0 Å². The summed E-state index contributed by atoms with van der Waals surface area (Å²) in [5, 5.41) is 3.87. The first-order valence-electron chi connectivity index (χ1n) is 6.22. The number of rotatable bonds is 6. The Labute approximate surface area is 122 Å². The van der Waals surface area contributed by atoms with Crippen molar-refractivity contribution in [2.45, 2.75) is 19.0 Å². The number of aromatic amines is 1. The molecular weight excluding hydrogens is 278 g/mol. The Morgan fingerprint density at radius 3 is 2.80 bits per heavy atom. The molecule has 0 amide bonds. The lowest BCUT2D eigenvalue weighted by Crippen LogP contribution is -2.39. The fraction of sp³-hybridized carbons (Fsp3) is 0.286. The summed E-state index contributed by atoms with van der Waals surface area (Å²) in [6.45, 7) is 0.561. The van der Waals surface area contributed by atoms with Gasteiger partial charge in [0.2, 0.25) is 0 Å². The minimum absolute atomic E-state index is 0.298. The molecule has 0 spiro atoms. The number of methoxy groups -OCH3 is 1. The molecule has 0 radical (unpaired) electrons. The number of hydrogen-bond acceptors (Lipinski definition) is 4. The monoisotopic (exact) mass is 293 g/mol. The van der Waals surface area contributed by atoms with Gasteiger partial charge in [-0.05, 0) is 17.7 Å². The van der Waals surface area contributed by atoms with Crippen LogP contribution in [-0.4, -0.2) is 29.1 Å². The van der Waals surface area contributed by atoms with Crippen LogP contribution in [0, 0.1) is 0 Å². The number of carbonyl (C=O) groups is 1. The van der Waals surface area contributed by atoms with Gasteiger partial charge in [-0.25, -0.2) is 4.98 Å². The molecule has 5 nitrogen and oxygen atoms in total. The molecule has 0 saturated heterocycles. The minimum Gasteiger partial charge on any atom is -0.468 e. The SMILES string of the molecule is COC(=O)[C@H](Cc1cnc[nH]1)NCc1ccc(Cl)cc1. The molecule has 1 atom stereocenters. The number of aromatic nitrogens is 2. The zero-order valence-corrected chi connectivity index (χ0v) is 11.9. The van der Waals surface area contributed by atoms with Crippen molar-refractivity contribution in [3.63, 3.8) is 0 Å². The largest absolute Gasteiger partial charge is 0.468 e. The average molecular weight is 294 g/mol. The van der Waals surface area contributed by atoms with E-state index in [0.29, 0.717) is 18.0 Å². The lowest BCUT2D eigenvalue weighted by Gasteiger charge is -2.15. The van der Waals surface area contributed by atoms with Gasteiger partial charge >= 0.3 is 5.97 Å². The first-order valence-corrected chi connectivity index (χ1v) is 6.59. The van der Waals surface area contributed by atoms with Crippen LogP contribution >= 0.6 is 11.6 Å². The van der Waals surface area contributed by atoms with Gasteiger partial charge < -0.3 is 9.72 Å². The minimum atomic E-state index is -0.420. The quantitative estimate of drug-likeness (QED) is 0.799. The molecule has 0 bridgehead atoms. The normalized spacial score (nSPS) is 12.1. The van der Waals surface area contributed by atoms with Crippen molar-refractivity contribution < 1.29 is 9.53 Å². The molecule has 1 heterocycles. The summed E-state index contributed by atoms with van der Waals surface area (Å²) in [7, 11) is 1.38. The van der Waals surface area contributed by atoms with Crippen molar-refractivity contribution >= 4 is 17.6 Å². The maximum Gasteiger partial charge on any atom is 0.323 e. The van der Waals surface area contributed by atoms with E-state index in [2.05, 4.69) is 15.3 Å². The van der Waals surface area contributed by atoms with Gasteiger partial charge in [-0.1, -0.05) is 23.7 Å². The number of carbonyl (C=O) groups excluding carboxylic acids is 1. The second kappa shape index (κ2) is 7.07. The Kier molecular flexibility index (Phi) is 5.15. The van der Waals surface area contributed by atoms with Gasteiger partial charge in [-0.15, -0.1) is 0 Å². The molecule has 2 rings (SSSR count). The van der Waals surface area contributed by atoms with E-state index in [1.54, 1.807) is 12.5 Å². The molecule has 0 aliphatic rings. The molecule has 20 heavy (non-hydrogen) atoms. The zero-order valence-electron chi connectivity index (χ0n) is 11.1. The Morgan fingerprint density at radius 2 is 2.20 bits per heavy atom. The summed E-state index contributed by atoms with van der Waals surface area (Å²) >= 11 is 5.84. The number of hydrogen-bond donors (Lipinski definition) is 2. The van der Waals surface area contributed by atoms with E-state index in [0.717, 1.165) is 11.3 Å². The van der Waals surface area contributed by atoms with E-state index >= 15 is 0 Å². The molecule has 0 saturated carbocycles. The van der Waals surface area contributed by atoms with Crippen molar-refractivity contribution in [2.24, 2.45) is 0 Å². The molecule has 0 aliphatic heterocycles. The Morgan fingerprint density at radius 1 is 1.45 bits per heavy atom. The molecule has 2 aromatic rings. The van der Waals surface area contributed by atoms with Crippen LogP contribution in [0.3, 0.4) is 0 Å². The van der Waals surface area contributed by atoms with E-state index in [9.17, 15) is 4.79 Å². The third-order valence-corrected chi connectivity index (χ3v) is 3.18. The van der Waals surface area contributed by atoms with Crippen LogP contribution in [0.15, 0.2) is 36.8 Å². The number of ether oxygens (including phenoxy) is 1.